The van der Waals surface area contributed by atoms with Crippen molar-refractivity contribution in [3.8, 4) is 0 Å². The fourth-order valence-electron chi connectivity index (χ4n) is 2.38. The molecule has 2 rings (SSSR count). The highest BCUT2D eigenvalue weighted by Gasteiger charge is 2.09. The van der Waals surface area contributed by atoms with Gasteiger partial charge in [0.2, 0.25) is 0 Å². The van der Waals surface area contributed by atoms with Crippen molar-refractivity contribution in [2.24, 2.45) is 0 Å². The summed E-state index contributed by atoms with van der Waals surface area (Å²) in [5, 5.41) is 6.16. The second-order valence-electron chi connectivity index (χ2n) is 6.09. The van der Waals surface area contributed by atoms with E-state index in [0.29, 0.717) is 18.1 Å². The number of amides is 1. The van der Waals surface area contributed by atoms with Gasteiger partial charge in [0, 0.05) is 18.3 Å². The van der Waals surface area contributed by atoms with Crippen molar-refractivity contribution >= 4 is 17.4 Å². The molecule has 0 aliphatic carbocycles. The number of carbonyl (C=O) groups excluding carboxylic acids is 1. The van der Waals surface area contributed by atoms with Gasteiger partial charge in [0.1, 0.15) is 17.8 Å². The molecule has 0 radical (unpaired) electrons. The lowest BCUT2D eigenvalue weighted by Crippen LogP contribution is -2.27. The van der Waals surface area contributed by atoms with Crippen LogP contribution in [0.3, 0.4) is 0 Å². The zero-order chi connectivity index (χ0) is 17.5. The van der Waals surface area contributed by atoms with Crippen LogP contribution in [-0.2, 0) is 0 Å². The molecule has 0 unspecified atom stereocenters. The second-order valence-corrected chi connectivity index (χ2v) is 6.09. The third-order valence-electron chi connectivity index (χ3n) is 3.70. The van der Waals surface area contributed by atoms with E-state index in [2.05, 4.69) is 25.5 Å². The number of nitrogens with zero attached hydrogens (tertiary/aromatic N) is 3. The van der Waals surface area contributed by atoms with Crippen LogP contribution in [0.5, 0.6) is 0 Å². The second kappa shape index (κ2) is 8.40. The number of benzene rings is 1. The minimum atomic E-state index is -0.180. The Labute approximate surface area is 143 Å². The van der Waals surface area contributed by atoms with Crippen molar-refractivity contribution in [2.75, 3.05) is 32.5 Å². The fraction of sp³-hybridized carbons (Fsp3) is 0.389. The number of nitrogens with one attached hydrogen (secondary N) is 2. The first-order chi connectivity index (χ1) is 11.5. The van der Waals surface area contributed by atoms with Gasteiger partial charge in [-0.15, -0.1) is 0 Å². The molecule has 0 fully saturated rings. The predicted octanol–water partition coefficient (Wildman–Crippen LogP) is 2.52. The summed E-state index contributed by atoms with van der Waals surface area (Å²) < 4.78 is 0. The molecule has 6 nitrogen and oxygen atoms in total. The Morgan fingerprint density at radius 3 is 2.54 bits per heavy atom. The number of para-hydroxylation sites is 1. The highest BCUT2D eigenvalue weighted by Crippen LogP contribution is 2.23. The minimum Gasteiger partial charge on any atom is -0.351 e. The van der Waals surface area contributed by atoms with Crippen molar-refractivity contribution in [2.45, 2.75) is 20.3 Å². The average Bonchev–Trinajstić information content (AvgIpc) is 2.55. The number of hydrogen-bond acceptors (Lipinski definition) is 5. The molecule has 1 aromatic heterocycles. The van der Waals surface area contributed by atoms with Gasteiger partial charge in [-0.25, -0.2) is 9.97 Å². The number of aryl methyl sites for hydroxylation is 2. The van der Waals surface area contributed by atoms with Gasteiger partial charge in [-0.05, 0) is 52.0 Å². The summed E-state index contributed by atoms with van der Waals surface area (Å²) in [6.07, 6.45) is 2.31. The van der Waals surface area contributed by atoms with Crippen molar-refractivity contribution in [3.63, 3.8) is 0 Å². The molecular formula is C18H25N5O. The molecule has 0 spiro atoms. The Bertz CT molecular complexity index is 679. The number of rotatable bonds is 7. The van der Waals surface area contributed by atoms with Crippen molar-refractivity contribution in [3.05, 3.63) is 47.4 Å². The van der Waals surface area contributed by atoms with Crippen LogP contribution in [0.4, 0.5) is 11.5 Å². The highest BCUT2D eigenvalue weighted by atomic mass is 16.1. The van der Waals surface area contributed by atoms with E-state index in [4.69, 9.17) is 0 Å². The number of anilines is 2. The molecule has 24 heavy (non-hydrogen) atoms. The number of hydrogen-bond donors (Lipinski definition) is 2. The van der Waals surface area contributed by atoms with Crippen LogP contribution in [0.1, 0.15) is 28.0 Å². The Morgan fingerprint density at radius 2 is 1.88 bits per heavy atom. The molecule has 6 heteroatoms. The van der Waals surface area contributed by atoms with Gasteiger partial charge in [-0.3, -0.25) is 4.79 Å². The van der Waals surface area contributed by atoms with Gasteiger partial charge >= 0.3 is 0 Å². The maximum absolute atomic E-state index is 12.2. The van der Waals surface area contributed by atoms with Crippen LogP contribution >= 0.6 is 0 Å². The number of aromatic nitrogens is 2. The van der Waals surface area contributed by atoms with Gasteiger partial charge < -0.3 is 15.5 Å². The Kier molecular flexibility index (Phi) is 6.26. The van der Waals surface area contributed by atoms with Crippen molar-refractivity contribution in [1.82, 2.24) is 20.2 Å². The summed E-state index contributed by atoms with van der Waals surface area (Å²) in [5.41, 5.74) is 3.63. The van der Waals surface area contributed by atoms with E-state index in [-0.39, 0.29) is 5.91 Å². The van der Waals surface area contributed by atoms with Crippen molar-refractivity contribution < 1.29 is 4.79 Å². The third-order valence-corrected chi connectivity index (χ3v) is 3.70. The minimum absolute atomic E-state index is 0.180. The molecule has 2 aromatic rings. The van der Waals surface area contributed by atoms with E-state index in [1.165, 1.54) is 6.33 Å². The molecule has 1 heterocycles. The molecule has 0 bridgehead atoms. The molecule has 1 aromatic carbocycles. The Morgan fingerprint density at radius 1 is 1.17 bits per heavy atom. The summed E-state index contributed by atoms with van der Waals surface area (Å²) in [6, 6.07) is 7.76. The third kappa shape index (κ3) is 5.03. The Hall–Kier alpha value is -2.47. The first-order valence-corrected chi connectivity index (χ1v) is 8.05. The van der Waals surface area contributed by atoms with Gasteiger partial charge in [-0.2, -0.15) is 0 Å². The lowest BCUT2D eigenvalue weighted by Gasteiger charge is -2.12. The molecule has 0 aliphatic rings. The van der Waals surface area contributed by atoms with Gasteiger partial charge in [0.25, 0.3) is 5.91 Å². The topological polar surface area (TPSA) is 70.2 Å². The zero-order valence-corrected chi connectivity index (χ0v) is 14.8. The first kappa shape index (κ1) is 17.9. The van der Waals surface area contributed by atoms with Crippen LogP contribution in [0.25, 0.3) is 0 Å². The molecule has 1 amide bonds. The van der Waals surface area contributed by atoms with Crippen LogP contribution in [-0.4, -0.2) is 48.0 Å². The zero-order valence-electron chi connectivity index (χ0n) is 14.8. The SMILES string of the molecule is Cc1cccc(C)c1Nc1cc(C(=O)NCCCN(C)C)ncn1. The summed E-state index contributed by atoms with van der Waals surface area (Å²) >= 11 is 0. The van der Waals surface area contributed by atoms with Crippen LogP contribution < -0.4 is 10.6 Å². The van der Waals surface area contributed by atoms with E-state index in [9.17, 15) is 4.79 Å². The van der Waals surface area contributed by atoms with E-state index in [0.717, 1.165) is 29.8 Å². The van der Waals surface area contributed by atoms with Crippen LogP contribution in [0.15, 0.2) is 30.6 Å². The standard InChI is InChI=1S/C18H25N5O/c1-13-7-5-8-14(2)17(13)22-16-11-15(20-12-21-16)18(24)19-9-6-10-23(3)4/h5,7-8,11-12H,6,9-10H2,1-4H3,(H,19,24)(H,20,21,22). The fourth-order valence-corrected chi connectivity index (χ4v) is 2.38. The summed E-state index contributed by atoms with van der Waals surface area (Å²) in [6.45, 7) is 5.63. The number of carbonyl (C=O) groups is 1. The van der Waals surface area contributed by atoms with Gasteiger partial charge in [0.05, 0.1) is 0 Å². The molecule has 128 valence electrons. The van der Waals surface area contributed by atoms with E-state index in [1.807, 2.05) is 46.1 Å². The van der Waals surface area contributed by atoms with Gasteiger partial charge in [0.15, 0.2) is 0 Å². The van der Waals surface area contributed by atoms with Crippen LogP contribution in [0, 0.1) is 13.8 Å². The maximum Gasteiger partial charge on any atom is 0.270 e. The molecular weight excluding hydrogens is 302 g/mol. The first-order valence-electron chi connectivity index (χ1n) is 8.05. The lowest BCUT2D eigenvalue weighted by atomic mass is 10.1. The highest BCUT2D eigenvalue weighted by molar-refractivity contribution is 5.93. The average molecular weight is 327 g/mol. The maximum atomic E-state index is 12.2. The summed E-state index contributed by atoms with van der Waals surface area (Å²) in [5.74, 6) is 0.432. The molecule has 0 atom stereocenters. The lowest BCUT2D eigenvalue weighted by molar-refractivity contribution is 0.0947. The molecule has 0 aliphatic heterocycles. The molecule has 0 saturated carbocycles. The van der Waals surface area contributed by atoms with E-state index >= 15 is 0 Å². The van der Waals surface area contributed by atoms with E-state index in [1.54, 1.807) is 6.07 Å². The molecule has 2 N–H and O–H groups in total. The quantitative estimate of drug-likeness (QED) is 0.765. The molecule has 0 saturated heterocycles. The normalized spacial score (nSPS) is 10.7. The predicted molar refractivity (Wildman–Crippen MR) is 96.7 cm³/mol. The smallest absolute Gasteiger partial charge is 0.270 e. The van der Waals surface area contributed by atoms with Crippen LogP contribution in [0.2, 0.25) is 0 Å². The van der Waals surface area contributed by atoms with Gasteiger partial charge in [-0.1, -0.05) is 18.2 Å². The largest absolute Gasteiger partial charge is 0.351 e. The summed E-state index contributed by atoms with van der Waals surface area (Å²) in [4.78, 5) is 22.5. The van der Waals surface area contributed by atoms with Crippen molar-refractivity contribution in [1.29, 1.82) is 0 Å². The van der Waals surface area contributed by atoms with E-state index < -0.39 is 0 Å². The monoisotopic (exact) mass is 327 g/mol. The Balaban J connectivity index is 2.02. The summed E-state index contributed by atoms with van der Waals surface area (Å²) in [7, 11) is 4.02.